The molecule has 0 radical (unpaired) electrons. The number of nitrogens with one attached hydrogen (secondary N) is 1. The monoisotopic (exact) mass is 339 g/mol. The van der Waals surface area contributed by atoms with E-state index in [-0.39, 0.29) is 17.4 Å². The van der Waals surface area contributed by atoms with Crippen LogP contribution >= 0.6 is 0 Å². The molecule has 0 heterocycles. The van der Waals surface area contributed by atoms with Crippen molar-refractivity contribution in [3.05, 3.63) is 65.7 Å². The molecule has 0 aromatic heterocycles. The van der Waals surface area contributed by atoms with E-state index in [1.807, 2.05) is 18.2 Å². The summed E-state index contributed by atoms with van der Waals surface area (Å²) in [5, 5.41) is 11.7. The van der Waals surface area contributed by atoms with Gasteiger partial charge in [0, 0.05) is 11.6 Å². The van der Waals surface area contributed by atoms with Crippen molar-refractivity contribution >= 4 is 11.9 Å². The van der Waals surface area contributed by atoms with E-state index in [0.717, 1.165) is 12.8 Å². The Morgan fingerprint density at radius 2 is 1.88 bits per heavy atom. The van der Waals surface area contributed by atoms with Crippen LogP contribution in [-0.4, -0.2) is 29.6 Å². The van der Waals surface area contributed by atoms with E-state index in [1.54, 1.807) is 24.3 Å². The van der Waals surface area contributed by atoms with Crippen molar-refractivity contribution < 1.29 is 19.4 Å². The van der Waals surface area contributed by atoms with Gasteiger partial charge in [-0.2, -0.15) is 0 Å². The maximum absolute atomic E-state index is 12.4. The second kappa shape index (κ2) is 6.97. The van der Waals surface area contributed by atoms with Gasteiger partial charge in [0.05, 0.1) is 0 Å². The van der Waals surface area contributed by atoms with Gasteiger partial charge < -0.3 is 15.2 Å². The summed E-state index contributed by atoms with van der Waals surface area (Å²) in [6.45, 7) is 1.79. The lowest BCUT2D eigenvalue weighted by Gasteiger charge is -2.46. The van der Waals surface area contributed by atoms with Gasteiger partial charge in [0.2, 0.25) is 0 Å². The molecule has 130 valence electrons. The van der Waals surface area contributed by atoms with Crippen LogP contribution in [0.15, 0.2) is 54.6 Å². The molecule has 2 aromatic rings. The number of carbonyl (C=O) groups excluding carboxylic acids is 1. The number of carboxylic acid groups (broad SMARTS) is 1. The zero-order valence-corrected chi connectivity index (χ0v) is 14.1. The first-order chi connectivity index (χ1) is 12.0. The standard InChI is InChI=1S/C20H21NO4/c1-20(15-7-3-2-4-8-15)11-16(12-20)21-19(24)14-6-5-9-17(10-14)25-13-18(22)23/h2-10,16H,11-13H2,1H3,(H,21,24)(H,22,23). The van der Waals surface area contributed by atoms with Crippen LogP contribution in [0.25, 0.3) is 0 Å². The molecule has 0 spiro atoms. The van der Waals surface area contributed by atoms with Gasteiger partial charge in [0.1, 0.15) is 5.75 Å². The van der Waals surface area contributed by atoms with Gasteiger partial charge >= 0.3 is 5.97 Å². The summed E-state index contributed by atoms with van der Waals surface area (Å²) in [6.07, 6.45) is 1.80. The van der Waals surface area contributed by atoms with Gasteiger partial charge in [-0.05, 0) is 42.0 Å². The van der Waals surface area contributed by atoms with E-state index < -0.39 is 12.6 Å². The minimum Gasteiger partial charge on any atom is -0.482 e. The summed E-state index contributed by atoms with van der Waals surface area (Å²) in [4.78, 5) is 23.0. The van der Waals surface area contributed by atoms with Crippen LogP contribution in [0.4, 0.5) is 0 Å². The maximum Gasteiger partial charge on any atom is 0.341 e. The Morgan fingerprint density at radius 1 is 1.16 bits per heavy atom. The van der Waals surface area contributed by atoms with E-state index in [9.17, 15) is 9.59 Å². The Morgan fingerprint density at radius 3 is 2.56 bits per heavy atom. The summed E-state index contributed by atoms with van der Waals surface area (Å²) in [5.41, 5.74) is 1.87. The predicted molar refractivity (Wildman–Crippen MR) is 93.9 cm³/mol. The molecular formula is C20H21NO4. The Balaban J connectivity index is 1.57. The van der Waals surface area contributed by atoms with Crippen LogP contribution in [0.1, 0.15) is 35.7 Å². The normalized spacial score (nSPS) is 21.9. The highest BCUT2D eigenvalue weighted by atomic mass is 16.5. The fourth-order valence-corrected chi connectivity index (χ4v) is 3.35. The van der Waals surface area contributed by atoms with Gasteiger partial charge in [0.25, 0.3) is 5.91 Å². The third-order valence-corrected chi connectivity index (χ3v) is 4.66. The smallest absolute Gasteiger partial charge is 0.341 e. The minimum absolute atomic E-state index is 0.103. The first-order valence-electron chi connectivity index (χ1n) is 8.27. The first-order valence-corrected chi connectivity index (χ1v) is 8.27. The van der Waals surface area contributed by atoms with Gasteiger partial charge in [0.15, 0.2) is 6.61 Å². The molecule has 1 fully saturated rings. The van der Waals surface area contributed by atoms with Crippen LogP contribution in [0.5, 0.6) is 5.75 Å². The Hall–Kier alpha value is -2.82. The van der Waals surface area contributed by atoms with E-state index in [2.05, 4.69) is 24.4 Å². The van der Waals surface area contributed by atoms with Crippen molar-refractivity contribution in [3.8, 4) is 5.75 Å². The molecule has 0 atom stereocenters. The number of carbonyl (C=O) groups is 2. The van der Waals surface area contributed by atoms with E-state index in [1.165, 1.54) is 5.56 Å². The zero-order valence-electron chi connectivity index (χ0n) is 14.1. The molecule has 0 bridgehead atoms. The van der Waals surface area contributed by atoms with Crippen LogP contribution in [-0.2, 0) is 10.2 Å². The highest BCUT2D eigenvalue weighted by molar-refractivity contribution is 5.94. The fourth-order valence-electron chi connectivity index (χ4n) is 3.35. The third kappa shape index (κ3) is 3.99. The highest BCUT2D eigenvalue weighted by Crippen LogP contribution is 2.43. The van der Waals surface area contributed by atoms with Crippen molar-refractivity contribution in [3.63, 3.8) is 0 Å². The Bertz CT molecular complexity index is 766. The van der Waals surface area contributed by atoms with Crippen molar-refractivity contribution in [2.75, 3.05) is 6.61 Å². The molecule has 5 nitrogen and oxygen atoms in total. The lowest BCUT2D eigenvalue weighted by molar-refractivity contribution is -0.139. The topological polar surface area (TPSA) is 75.6 Å². The Labute approximate surface area is 146 Å². The largest absolute Gasteiger partial charge is 0.482 e. The molecule has 2 aromatic carbocycles. The SMILES string of the molecule is CC1(c2ccccc2)CC(NC(=O)c2cccc(OCC(=O)O)c2)C1. The number of aliphatic carboxylic acids is 1. The molecule has 2 N–H and O–H groups in total. The lowest BCUT2D eigenvalue weighted by Crippen LogP contribution is -2.51. The molecule has 1 aliphatic rings. The summed E-state index contributed by atoms with van der Waals surface area (Å²) in [7, 11) is 0. The second-order valence-corrected chi connectivity index (χ2v) is 6.72. The molecule has 3 rings (SSSR count). The average Bonchev–Trinajstić information content (AvgIpc) is 2.59. The van der Waals surface area contributed by atoms with Crippen LogP contribution in [0, 0.1) is 0 Å². The van der Waals surface area contributed by atoms with Crippen LogP contribution in [0.3, 0.4) is 0 Å². The molecule has 25 heavy (non-hydrogen) atoms. The van der Waals surface area contributed by atoms with Gasteiger partial charge in [-0.3, -0.25) is 4.79 Å². The van der Waals surface area contributed by atoms with Gasteiger partial charge in [-0.1, -0.05) is 43.3 Å². The molecule has 0 unspecified atom stereocenters. The number of carboxylic acids is 1. The zero-order chi connectivity index (χ0) is 17.9. The third-order valence-electron chi connectivity index (χ3n) is 4.66. The number of hydrogen-bond acceptors (Lipinski definition) is 3. The number of ether oxygens (including phenoxy) is 1. The van der Waals surface area contributed by atoms with Gasteiger partial charge in [-0.25, -0.2) is 4.79 Å². The molecule has 1 amide bonds. The molecular weight excluding hydrogens is 318 g/mol. The van der Waals surface area contributed by atoms with Crippen LogP contribution < -0.4 is 10.1 Å². The molecule has 0 aliphatic heterocycles. The summed E-state index contributed by atoms with van der Waals surface area (Å²) < 4.78 is 5.11. The Kier molecular flexibility index (Phi) is 4.74. The number of benzene rings is 2. The van der Waals surface area contributed by atoms with Crippen molar-refractivity contribution in [1.29, 1.82) is 0 Å². The maximum atomic E-state index is 12.4. The van der Waals surface area contributed by atoms with Crippen molar-refractivity contribution in [2.45, 2.75) is 31.2 Å². The summed E-state index contributed by atoms with van der Waals surface area (Å²) in [6, 6.07) is 17.0. The van der Waals surface area contributed by atoms with E-state index in [0.29, 0.717) is 11.3 Å². The van der Waals surface area contributed by atoms with Crippen molar-refractivity contribution in [1.82, 2.24) is 5.32 Å². The van der Waals surface area contributed by atoms with E-state index in [4.69, 9.17) is 9.84 Å². The van der Waals surface area contributed by atoms with E-state index >= 15 is 0 Å². The van der Waals surface area contributed by atoms with Gasteiger partial charge in [-0.15, -0.1) is 0 Å². The summed E-state index contributed by atoms with van der Waals surface area (Å²) >= 11 is 0. The molecule has 5 heteroatoms. The molecule has 0 saturated heterocycles. The average molecular weight is 339 g/mol. The number of rotatable bonds is 6. The molecule has 1 aliphatic carbocycles. The molecule has 1 saturated carbocycles. The lowest BCUT2D eigenvalue weighted by atomic mass is 9.63. The highest BCUT2D eigenvalue weighted by Gasteiger charge is 2.42. The quantitative estimate of drug-likeness (QED) is 0.848. The number of amides is 1. The fraction of sp³-hybridized carbons (Fsp3) is 0.300. The first kappa shape index (κ1) is 17.0. The minimum atomic E-state index is -1.05. The van der Waals surface area contributed by atoms with Crippen LogP contribution in [0.2, 0.25) is 0 Å². The predicted octanol–water partition coefficient (Wildman–Crippen LogP) is 3.00. The van der Waals surface area contributed by atoms with Crippen molar-refractivity contribution in [2.24, 2.45) is 0 Å². The summed E-state index contributed by atoms with van der Waals surface area (Å²) in [5.74, 6) is -0.844. The number of hydrogen-bond donors (Lipinski definition) is 2. The second-order valence-electron chi connectivity index (χ2n) is 6.72.